The van der Waals surface area contributed by atoms with Crippen molar-refractivity contribution in [3.63, 3.8) is 0 Å². The topological polar surface area (TPSA) is 68.0 Å². The molecule has 2 heterocycles. The van der Waals surface area contributed by atoms with E-state index in [2.05, 4.69) is 10.3 Å². The summed E-state index contributed by atoms with van der Waals surface area (Å²) < 4.78 is 1.68. The number of carbonyl (C=O) groups is 1. The number of nitrogens with zero attached hydrogens (tertiary/aromatic N) is 3. The van der Waals surface area contributed by atoms with Crippen LogP contribution in [0.2, 0.25) is 0 Å². The highest BCUT2D eigenvalue weighted by Crippen LogP contribution is 2.25. The first kappa shape index (κ1) is 9.51. The minimum absolute atomic E-state index is 0.0308. The van der Waals surface area contributed by atoms with Gasteiger partial charge >= 0.3 is 5.97 Å². The van der Waals surface area contributed by atoms with Gasteiger partial charge in [-0.05, 0) is 24.3 Å². The zero-order valence-electron chi connectivity index (χ0n) is 7.59. The number of carboxylic acids is 1. The second kappa shape index (κ2) is 4.00. The van der Waals surface area contributed by atoms with E-state index in [1.54, 1.807) is 4.68 Å². The Balaban J connectivity index is 2.11. The molecule has 0 saturated carbocycles. The Morgan fingerprint density at radius 1 is 1.57 bits per heavy atom. The van der Waals surface area contributed by atoms with E-state index in [0.717, 1.165) is 24.3 Å². The first-order chi connectivity index (χ1) is 6.77. The van der Waals surface area contributed by atoms with Gasteiger partial charge in [0, 0.05) is 0 Å². The number of hydrogen-bond donors (Lipinski definition) is 1. The van der Waals surface area contributed by atoms with Crippen LogP contribution in [0.4, 0.5) is 0 Å². The van der Waals surface area contributed by atoms with Crippen LogP contribution in [0.1, 0.15) is 29.4 Å². The summed E-state index contributed by atoms with van der Waals surface area (Å²) in [4.78, 5) is 10.6. The van der Waals surface area contributed by atoms with Crippen molar-refractivity contribution in [2.75, 3.05) is 11.5 Å². The molecule has 76 valence electrons. The molecule has 0 atom stereocenters. The van der Waals surface area contributed by atoms with Crippen LogP contribution in [0.5, 0.6) is 0 Å². The number of carboxylic acid groups (broad SMARTS) is 1. The molecule has 6 heteroatoms. The molecule has 1 aromatic rings. The van der Waals surface area contributed by atoms with Gasteiger partial charge < -0.3 is 5.11 Å². The minimum atomic E-state index is -1.01. The van der Waals surface area contributed by atoms with Crippen molar-refractivity contribution in [1.29, 1.82) is 0 Å². The van der Waals surface area contributed by atoms with Gasteiger partial charge in [-0.15, -0.1) is 5.10 Å². The van der Waals surface area contributed by atoms with Crippen molar-refractivity contribution in [1.82, 2.24) is 15.0 Å². The number of rotatable bonds is 2. The predicted octanol–water partition coefficient (Wildman–Crippen LogP) is 1.04. The van der Waals surface area contributed by atoms with Gasteiger partial charge in [0.1, 0.15) is 0 Å². The lowest BCUT2D eigenvalue weighted by Gasteiger charge is -2.20. The SMILES string of the molecule is O=C(O)c1cn(C2CCSCC2)nn1. The standard InChI is InChI=1S/C8H11N3O2S/c12-8(13)7-5-11(10-9-7)6-1-3-14-4-2-6/h5-6H,1-4H2,(H,12,13). The van der Waals surface area contributed by atoms with Crippen molar-refractivity contribution in [2.45, 2.75) is 18.9 Å². The molecular weight excluding hydrogens is 202 g/mol. The van der Waals surface area contributed by atoms with Crippen LogP contribution in [-0.2, 0) is 0 Å². The fourth-order valence-electron chi connectivity index (χ4n) is 1.50. The quantitative estimate of drug-likeness (QED) is 0.795. The number of hydrogen-bond acceptors (Lipinski definition) is 4. The van der Waals surface area contributed by atoms with Gasteiger partial charge in [-0.2, -0.15) is 11.8 Å². The molecule has 1 aromatic heterocycles. The molecule has 14 heavy (non-hydrogen) atoms. The predicted molar refractivity (Wildman–Crippen MR) is 52.6 cm³/mol. The van der Waals surface area contributed by atoms with Gasteiger partial charge in [0.25, 0.3) is 0 Å². The molecule has 0 unspecified atom stereocenters. The third kappa shape index (κ3) is 1.89. The summed E-state index contributed by atoms with van der Waals surface area (Å²) in [5, 5.41) is 16.1. The average molecular weight is 213 g/mol. The third-order valence-electron chi connectivity index (χ3n) is 2.29. The highest BCUT2D eigenvalue weighted by atomic mass is 32.2. The van der Waals surface area contributed by atoms with Gasteiger partial charge in [-0.1, -0.05) is 5.21 Å². The van der Waals surface area contributed by atoms with Gasteiger partial charge in [0.2, 0.25) is 0 Å². The molecule has 0 bridgehead atoms. The highest BCUT2D eigenvalue weighted by molar-refractivity contribution is 7.99. The third-order valence-corrected chi connectivity index (χ3v) is 3.34. The van der Waals surface area contributed by atoms with E-state index >= 15 is 0 Å². The van der Waals surface area contributed by atoms with E-state index in [4.69, 9.17) is 5.11 Å². The summed E-state index contributed by atoms with van der Waals surface area (Å²) in [7, 11) is 0. The van der Waals surface area contributed by atoms with Crippen molar-refractivity contribution >= 4 is 17.7 Å². The summed E-state index contributed by atoms with van der Waals surface area (Å²) in [5.74, 6) is 1.22. The normalized spacial score (nSPS) is 18.3. The molecule has 1 N–H and O–H groups in total. The number of aromatic nitrogens is 3. The van der Waals surface area contributed by atoms with Crippen molar-refractivity contribution < 1.29 is 9.90 Å². The highest BCUT2D eigenvalue weighted by Gasteiger charge is 2.18. The Hall–Kier alpha value is -1.04. The van der Waals surface area contributed by atoms with Crippen LogP contribution in [0.25, 0.3) is 0 Å². The second-order valence-corrected chi connectivity index (χ2v) is 4.46. The second-order valence-electron chi connectivity index (χ2n) is 3.23. The lowest BCUT2D eigenvalue weighted by molar-refractivity contribution is 0.0690. The molecular formula is C8H11N3O2S. The molecule has 1 aliphatic rings. The van der Waals surface area contributed by atoms with Gasteiger partial charge in [0.05, 0.1) is 12.2 Å². The smallest absolute Gasteiger partial charge is 0.358 e. The summed E-state index contributed by atoms with van der Waals surface area (Å²) in [5.41, 5.74) is 0.0308. The summed E-state index contributed by atoms with van der Waals surface area (Å²) >= 11 is 1.93. The summed E-state index contributed by atoms with van der Waals surface area (Å²) in [6, 6.07) is 0.330. The largest absolute Gasteiger partial charge is 0.476 e. The van der Waals surface area contributed by atoms with E-state index in [9.17, 15) is 4.79 Å². The Kier molecular flexibility index (Phi) is 2.72. The summed E-state index contributed by atoms with van der Waals surface area (Å²) in [6.45, 7) is 0. The molecule has 5 nitrogen and oxygen atoms in total. The summed E-state index contributed by atoms with van der Waals surface area (Å²) in [6.07, 6.45) is 3.61. The van der Waals surface area contributed by atoms with Crippen LogP contribution >= 0.6 is 11.8 Å². The van der Waals surface area contributed by atoms with Crippen molar-refractivity contribution in [2.24, 2.45) is 0 Å². The van der Waals surface area contributed by atoms with Gasteiger partial charge in [-0.25, -0.2) is 9.48 Å². The van der Waals surface area contributed by atoms with E-state index in [-0.39, 0.29) is 5.69 Å². The average Bonchev–Trinajstić information content (AvgIpc) is 2.68. The maximum Gasteiger partial charge on any atom is 0.358 e. The van der Waals surface area contributed by atoms with E-state index < -0.39 is 5.97 Å². The van der Waals surface area contributed by atoms with Crippen LogP contribution in [0.15, 0.2) is 6.20 Å². The Bertz CT molecular complexity index is 333. The van der Waals surface area contributed by atoms with Crippen molar-refractivity contribution in [3.8, 4) is 0 Å². The van der Waals surface area contributed by atoms with Crippen LogP contribution < -0.4 is 0 Å². The fourth-order valence-corrected chi connectivity index (χ4v) is 2.58. The first-order valence-electron chi connectivity index (χ1n) is 4.50. The zero-order valence-corrected chi connectivity index (χ0v) is 8.40. The lowest BCUT2D eigenvalue weighted by Crippen LogP contribution is -2.15. The Morgan fingerprint density at radius 3 is 2.86 bits per heavy atom. The van der Waals surface area contributed by atoms with Gasteiger partial charge in [0.15, 0.2) is 5.69 Å². The van der Waals surface area contributed by atoms with Crippen LogP contribution in [0, 0.1) is 0 Å². The minimum Gasteiger partial charge on any atom is -0.476 e. The maximum absolute atomic E-state index is 10.6. The van der Waals surface area contributed by atoms with E-state index in [0.29, 0.717) is 6.04 Å². The van der Waals surface area contributed by atoms with Crippen LogP contribution in [-0.4, -0.2) is 37.6 Å². The lowest BCUT2D eigenvalue weighted by atomic mass is 10.2. The van der Waals surface area contributed by atoms with Crippen LogP contribution in [0.3, 0.4) is 0 Å². The maximum atomic E-state index is 10.6. The number of thioether (sulfide) groups is 1. The van der Waals surface area contributed by atoms with E-state index in [1.165, 1.54) is 6.20 Å². The molecule has 2 rings (SSSR count). The molecule has 0 spiro atoms. The molecule has 1 saturated heterocycles. The molecule has 1 fully saturated rings. The molecule has 0 aliphatic carbocycles. The van der Waals surface area contributed by atoms with Gasteiger partial charge in [-0.3, -0.25) is 0 Å². The molecule has 0 radical (unpaired) electrons. The monoisotopic (exact) mass is 213 g/mol. The zero-order chi connectivity index (χ0) is 9.97. The van der Waals surface area contributed by atoms with Crippen molar-refractivity contribution in [3.05, 3.63) is 11.9 Å². The molecule has 0 amide bonds. The first-order valence-corrected chi connectivity index (χ1v) is 5.65. The van der Waals surface area contributed by atoms with E-state index in [1.807, 2.05) is 11.8 Å². The molecule has 0 aromatic carbocycles. The Morgan fingerprint density at radius 2 is 2.29 bits per heavy atom. The molecule has 1 aliphatic heterocycles. The fraction of sp³-hybridized carbons (Fsp3) is 0.625. The number of aromatic carboxylic acids is 1. The Labute approximate surface area is 85.5 Å².